The molecule has 6 heteroatoms. The van der Waals surface area contributed by atoms with Gasteiger partial charge in [-0.3, -0.25) is 9.59 Å². The first-order valence-electron chi connectivity index (χ1n) is 9.67. The van der Waals surface area contributed by atoms with Crippen molar-refractivity contribution in [3.05, 3.63) is 34.4 Å². The van der Waals surface area contributed by atoms with Crippen LogP contribution in [0.25, 0.3) is 0 Å². The monoisotopic (exact) mass is 391 g/mol. The van der Waals surface area contributed by atoms with Crippen LogP contribution in [0.3, 0.4) is 0 Å². The fourth-order valence-corrected chi connectivity index (χ4v) is 5.76. The third kappa shape index (κ3) is 4.16. The lowest BCUT2D eigenvalue weighted by molar-refractivity contribution is -0.125. The summed E-state index contributed by atoms with van der Waals surface area (Å²) in [5, 5.41) is 0. The van der Waals surface area contributed by atoms with Crippen molar-refractivity contribution in [3.8, 4) is 0 Å². The smallest absolute Gasteiger partial charge is 0.211 e. The number of ketones is 2. The van der Waals surface area contributed by atoms with Crippen LogP contribution in [-0.4, -0.2) is 43.6 Å². The largest absolute Gasteiger partial charge is 0.298 e. The van der Waals surface area contributed by atoms with Crippen LogP contribution in [-0.2, 0) is 19.6 Å². The molecule has 1 aliphatic heterocycles. The molecule has 148 valence electrons. The zero-order valence-corrected chi connectivity index (χ0v) is 17.4. The highest BCUT2D eigenvalue weighted by atomic mass is 32.2. The zero-order chi connectivity index (χ0) is 19.9. The van der Waals surface area contributed by atoms with E-state index < -0.39 is 15.9 Å². The second-order valence-corrected chi connectivity index (χ2v) is 10.3. The van der Waals surface area contributed by atoms with Crippen molar-refractivity contribution < 1.29 is 18.0 Å². The van der Waals surface area contributed by atoms with Gasteiger partial charge in [0.05, 0.1) is 6.26 Å². The molecule has 27 heavy (non-hydrogen) atoms. The average molecular weight is 392 g/mol. The van der Waals surface area contributed by atoms with Gasteiger partial charge in [0.15, 0.2) is 5.78 Å². The number of carbonyl (C=O) groups is 2. The van der Waals surface area contributed by atoms with Crippen LogP contribution in [0.5, 0.6) is 0 Å². The van der Waals surface area contributed by atoms with E-state index in [-0.39, 0.29) is 17.5 Å². The van der Waals surface area contributed by atoms with E-state index in [4.69, 9.17) is 0 Å². The molecule has 2 atom stereocenters. The molecule has 1 saturated carbocycles. The Morgan fingerprint density at radius 3 is 2.11 bits per heavy atom. The summed E-state index contributed by atoms with van der Waals surface area (Å²) in [6, 6.07) is 4.08. The summed E-state index contributed by atoms with van der Waals surface area (Å²) in [6.45, 7) is 7.00. The molecule has 1 aliphatic carbocycles. The van der Waals surface area contributed by atoms with Gasteiger partial charge in [-0.15, -0.1) is 0 Å². The number of nitrogens with zero attached hydrogens (tertiary/aromatic N) is 1. The van der Waals surface area contributed by atoms with Gasteiger partial charge < -0.3 is 0 Å². The van der Waals surface area contributed by atoms with Gasteiger partial charge in [-0.2, -0.15) is 0 Å². The van der Waals surface area contributed by atoms with Crippen molar-refractivity contribution >= 4 is 21.6 Å². The van der Waals surface area contributed by atoms with Gasteiger partial charge in [0.1, 0.15) is 11.7 Å². The Kier molecular flexibility index (Phi) is 5.59. The van der Waals surface area contributed by atoms with E-state index in [0.29, 0.717) is 31.8 Å². The predicted molar refractivity (Wildman–Crippen MR) is 105 cm³/mol. The maximum absolute atomic E-state index is 13.1. The number of benzene rings is 1. The Hall–Kier alpha value is -1.53. The number of aryl methyl sites for hydroxylation is 3. The molecule has 0 amide bonds. The molecule has 0 aromatic heterocycles. The molecule has 1 aromatic rings. The number of rotatable bonds is 4. The minimum atomic E-state index is -3.14. The molecule has 2 unspecified atom stereocenters. The summed E-state index contributed by atoms with van der Waals surface area (Å²) in [6.07, 6.45) is 3.78. The Labute approximate surface area is 162 Å². The van der Waals surface area contributed by atoms with E-state index in [2.05, 4.69) is 0 Å². The molecule has 0 radical (unpaired) electrons. The van der Waals surface area contributed by atoms with Crippen LogP contribution < -0.4 is 0 Å². The fraction of sp³-hybridized carbons (Fsp3) is 0.619. The molecule has 5 nitrogen and oxygen atoms in total. The van der Waals surface area contributed by atoms with Crippen LogP contribution in [0.2, 0.25) is 0 Å². The molecule has 2 aliphatic rings. The Morgan fingerprint density at radius 2 is 1.59 bits per heavy atom. The topological polar surface area (TPSA) is 71.5 Å². The highest BCUT2D eigenvalue weighted by Gasteiger charge is 2.44. The number of carbonyl (C=O) groups excluding carboxylic acids is 2. The minimum Gasteiger partial charge on any atom is -0.298 e. The number of Topliss-reactive ketones (excluding diaryl/α,β-unsaturated/α-hetero) is 2. The Bertz CT molecular complexity index is 843. The van der Waals surface area contributed by atoms with Crippen LogP contribution in [0.4, 0.5) is 0 Å². The Morgan fingerprint density at radius 1 is 1.04 bits per heavy atom. The lowest BCUT2D eigenvalue weighted by Crippen LogP contribution is -2.38. The molecule has 0 N–H and O–H groups in total. The lowest BCUT2D eigenvalue weighted by Gasteiger charge is -2.31. The zero-order valence-electron chi connectivity index (χ0n) is 16.6. The van der Waals surface area contributed by atoms with Crippen molar-refractivity contribution in [2.45, 2.75) is 52.4 Å². The van der Waals surface area contributed by atoms with Gasteiger partial charge >= 0.3 is 0 Å². The summed E-state index contributed by atoms with van der Waals surface area (Å²) in [7, 11) is -3.14. The SMILES string of the molecule is Cc1cc(C)c(C2C(=O)CC(CC3CCN(S(C)(=O)=O)CC3)C2=O)c(C)c1. The van der Waals surface area contributed by atoms with Gasteiger partial charge in [0.2, 0.25) is 10.0 Å². The highest BCUT2D eigenvalue weighted by Crippen LogP contribution is 2.40. The van der Waals surface area contributed by atoms with Crippen LogP contribution in [0.1, 0.15) is 53.9 Å². The molecule has 1 aromatic carbocycles. The first-order chi connectivity index (χ1) is 12.6. The number of sulfonamides is 1. The van der Waals surface area contributed by atoms with Gasteiger partial charge in [0.25, 0.3) is 0 Å². The first-order valence-corrected chi connectivity index (χ1v) is 11.5. The average Bonchev–Trinajstić information content (AvgIpc) is 2.81. The second-order valence-electron chi connectivity index (χ2n) is 8.36. The maximum atomic E-state index is 13.1. The molecule has 3 rings (SSSR count). The normalized spacial score (nSPS) is 25.3. The van der Waals surface area contributed by atoms with Crippen molar-refractivity contribution in [1.82, 2.24) is 4.31 Å². The third-order valence-electron chi connectivity index (χ3n) is 6.14. The summed E-state index contributed by atoms with van der Waals surface area (Å²) in [5.74, 6) is -0.443. The van der Waals surface area contributed by atoms with E-state index in [1.54, 1.807) is 0 Å². The summed E-state index contributed by atoms with van der Waals surface area (Å²) in [5.41, 5.74) is 4.06. The van der Waals surface area contributed by atoms with Gasteiger partial charge in [0, 0.05) is 25.4 Å². The van der Waals surface area contributed by atoms with E-state index in [1.807, 2.05) is 32.9 Å². The predicted octanol–water partition coefficient (Wildman–Crippen LogP) is 2.92. The van der Waals surface area contributed by atoms with E-state index in [1.165, 1.54) is 10.6 Å². The van der Waals surface area contributed by atoms with Crippen LogP contribution >= 0.6 is 0 Å². The molecular formula is C21H29NO4S. The van der Waals surface area contributed by atoms with Gasteiger partial charge in [-0.25, -0.2) is 12.7 Å². The van der Waals surface area contributed by atoms with Crippen LogP contribution in [0, 0.1) is 32.6 Å². The fourth-order valence-electron chi connectivity index (χ4n) is 4.88. The molecule has 2 fully saturated rings. The summed E-state index contributed by atoms with van der Waals surface area (Å²) >= 11 is 0. The van der Waals surface area contributed by atoms with Crippen molar-refractivity contribution in [2.75, 3.05) is 19.3 Å². The third-order valence-corrected chi connectivity index (χ3v) is 7.45. The lowest BCUT2D eigenvalue weighted by atomic mass is 9.83. The maximum Gasteiger partial charge on any atom is 0.211 e. The molecule has 1 saturated heterocycles. The summed E-state index contributed by atoms with van der Waals surface area (Å²) in [4.78, 5) is 25.8. The van der Waals surface area contributed by atoms with E-state index in [0.717, 1.165) is 35.1 Å². The molecular weight excluding hydrogens is 362 g/mol. The summed E-state index contributed by atoms with van der Waals surface area (Å²) < 4.78 is 24.8. The molecule has 1 heterocycles. The standard InChI is InChI=1S/C21H29NO4S/c1-13-9-14(2)19(15(3)10-13)20-18(23)12-17(21(20)24)11-16-5-7-22(8-6-16)27(4,25)26/h9-10,16-17,20H,5-8,11-12H2,1-4H3. The first kappa shape index (κ1) is 20.2. The number of hydrogen-bond acceptors (Lipinski definition) is 4. The Balaban J connectivity index is 1.71. The molecule has 0 bridgehead atoms. The van der Waals surface area contributed by atoms with Crippen molar-refractivity contribution in [3.63, 3.8) is 0 Å². The highest BCUT2D eigenvalue weighted by molar-refractivity contribution is 7.88. The molecule has 0 spiro atoms. The van der Waals surface area contributed by atoms with Gasteiger partial charge in [-0.05, 0) is 62.6 Å². The number of piperidine rings is 1. The van der Waals surface area contributed by atoms with E-state index >= 15 is 0 Å². The van der Waals surface area contributed by atoms with Gasteiger partial charge in [-0.1, -0.05) is 17.7 Å². The van der Waals surface area contributed by atoms with Crippen molar-refractivity contribution in [2.24, 2.45) is 11.8 Å². The quantitative estimate of drug-likeness (QED) is 0.740. The second kappa shape index (κ2) is 7.47. The van der Waals surface area contributed by atoms with Crippen LogP contribution in [0.15, 0.2) is 12.1 Å². The number of hydrogen-bond donors (Lipinski definition) is 0. The minimum absolute atomic E-state index is 0.0358. The van der Waals surface area contributed by atoms with Crippen molar-refractivity contribution in [1.29, 1.82) is 0 Å². The van der Waals surface area contributed by atoms with E-state index in [9.17, 15) is 18.0 Å².